The zero-order valence-corrected chi connectivity index (χ0v) is 15.0. The summed E-state index contributed by atoms with van der Waals surface area (Å²) >= 11 is 0. The molecule has 0 radical (unpaired) electrons. The van der Waals surface area contributed by atoms with E-state index in [-0.39, 0.29) is 32.0 Å². The summed E-state index contributed by atoms with van der Waals surface area (Å²) in [4.78, 5) is 36.7. The molecule has 27 heavy (non-hydrogen) atoms. The van der Waals surface area contributed by atoms with E-state index in [9.17, 15) is 27.6 Å². The predicted octanol–water partition coefficient (Wildman–Crippen LogP) is 2.28. The van der Waals surface area contributed by atoms with Gasteiger partial charge in [0.05, 0.1) is 16.9 Å². The van der Waals surface area contributed by atoms with Gasteiger partial charge in [-0.3, -0.25) is 14.4 Å². The van der Waals surface area contributed by atoms with Crippen molar-refractivity contribution in [1.82, 2.24) is 10.2 Å². The molecular formula is C18H21F3N2O4. The molecule has 1 aliphatic rings. The molecule has 9 heteroatoms. The number of carbonyl (C=O) groups excluding carboxylic acids is 2. The summed E-state index contributed by atoms with van der Waals surface area (Å²) in [6, 6.07) is 4.70. The van der Waals surface area contributed by atoms with Crippen LogP contribution < -0.4 is 5.32 Å². The first kappa shape index (κ1) is 20.7. The van der Waals surface area contributed by atoms with Gasteiger partial charge < -0.3 is 15.3 Å². The summed E-state index contributed by atoms with van der Waals surface area (Å²) in [6.45, 7) is 2.91. The van der Waals surface area contributed by atoms with E-state index in [0.717, 1.165) is 12.1 Å². The van der Waals surface area contributed by atoms with E-state index in [2.05, 4.69) is 5.32 Å². The van der Waals surface area contributed by atoms with Crippen LogP contribution in [0.1, 0.15) is 31.4 Å². The monoisotopic (exact) mass is 386 g/mol. The van der Waals surface area contributed by atoms with Crippen molar-refractivity contribution in [3.05, 3.63) is 35.4 Å². The van der Waals surface area contributed by atoms with Gasteiger partial charge in [0.2, 0.25) is 11.8 Å². The van der Waals surface area contributed by atoms with Gasteiger partial charge in [0.1, 0.15) is 0 Å². The Balaban J connectivity index is 1.97. The van der Waals surface area contributed by atoms with Crippen LogP contribution in [0.15, 0.2) is 24.3 Å². The van der Waals surface area contributed by atoms with Crippen LogP contribution in [-0.4, -0.2) is 40.9 Å². The molecule has 0 saturated carbocycles. The molecule has 1 unspecified atom stereocenters. The Morgan fingerprint density at radius 1 is 1.30 bits per heavy atom. The average Bonchev–Trinajstić information content (AvgIpc) is 2.93. The fraction of sp³-hybridized carbons (Fsp3) is 0.500. The summed E-state index contributed by atoms with van der Waals surface area (Å²) in [5.41, 5.74) is -1.61. The number of rotatable bonds is 6. The Hall–Kier alpha value is -2.58. The minimum absolute atomic E-state index is 0.0207. The van der Waals surface area contributed by atoms with Crippen LogP contribution in [0.4, 0.5) is 13.2 Å². The van der Waals surface area contributed by atoms with E-state index in [1.54, 1.807) is 0 Å². The molecule has 1 fully saturated rings. The highest BCUT2D eigenvalue weighted by Crippen LogP contribution is 2.30. The number of alkyl halides is 3. The fourth-order valence-corrected chi connectivity index (χ4v) is 2.70. The number of aliphatic carboxylic acids is 1. The van der Waals surface area contributed by atoms with Gasteiger partial charge in [-0.05, 0) is 31.5 Å². The van der Waals surface area contributed by atoms with Crippen LogP contribution in [0, 0.1) is 11.3 Å². The first-order chi connectivity index (χ1) is 12.4. The number of nitrogens with zero attached hydrogens (tertiary/aromatic N) is 1. The zero-order valence-electron chi connectivity index (χ0n) is 15.0. The SMILES string of the molecule is CC(C)(CNC(=O)C1CC(=O)N(Cc2cccc(C(F)(F)F)c2)C1)C(=O)O. The molecule has 1 atom stereocenters. The highest BCUT2D eigenvalue weighted by molar-refractivity contribution is 5.89. The van der Waals surface area contributed by atoms with E-state index in [0.29, 0.717) is 5.56 Å². The van der Waals surface area contributed by atoms with Crippen molar-refractivity contribution in [2.24, 2.45) is 11.3 Å². The highest BCUT2D eigenvalue weighted by Gasteiger charge is 2.36. The number of halogens is 3. The van der Waals surface area contributed by atoms with Crippen LogP contribution in [0.2, 0.25) is 0 Å². The number of amides is 2. The number of carbonyl (C=O) groups is 3. The largest absolute Gasteiger partial charge is 0.481 e. The molecule has 2 rings (SSSR count). The highest BCUT2D eigenvalue weighted by atomic mass is 19.4. The van der Waals surface area contributed by atoms with Crippen molar-refractivity contribution in [2.75, 3.05) is 13.1 Å². The Morgan fingerprint density at radius 2 is 1.96 bits per heavy atom. The molecule has 2 N–H and O–H groups in total. The van der Waals surface area contributed by atoms with Gasteiger partial charge in [-0.15, -0.1) is 0 Å². The number of hydrogen-bond donors (Lipinski definition) is 2. The molecule has 1 saturated heterocycles. The van der Waals surface area contributed by atoms with Crippen LogP contribution in [0.25, 0.3) is 0 Å². The normalized spacial score (nSPS) is 17.9. The van der Waals surface area contributed by atoms with Gasteiger partial charge in [-0.25, -0.2) is 0 Å². The van der Waals surface area contributed by atoms with Crippen molar-refractivity contribution < 1.29 is 32.7 Å². The molecule has 0 spiro atoms. The lowest BCUT2D eigenvalue weighted by Gasteiger charge is -2.21. The Morgan fingerprint density at radius 3 is 2.56 bits per heavy atom. The van der Waals surface area contributed by atoms with Crippen LogP contribution >= 0.6 is 0 Å². The summed E-state index contributed by atoms with van der Waals surface area (Å²) in [6.07, 6.45) is -4.53. The number of likely N-dealkylation sites (tertiary alicyclic amines) is 1. The number of carboxylic acid groups (broad SMARTS) is 1. The van der Waals surface area contributed by atoms with E-state index in [1.807, 2.05) is 0 Å². The number of carboxylic acids is 1. The van der Waals surface area contributed by atoms with Gasteiger partial charge >= 0.3 is 12.1 Å². The molecule has 1 heterocycles. The lowest BCUT2D eigenvalue weighted by Crippen LogP contribution is -2.41. The molecule has 2 amide bonds. The molecule has 148 valence electrons. The first-order valence-corrected chi connectivity index (χ1v) is 8.35. The topological polar surface area (TPSA) is 86.7 Å². The fourth-order valence-electron chi connectivity index (χ4n) is 2.70. The summed E-state index contributed by atoms with van der Waals surface area (Å²) in [7, 11) is 0. The third-order valence-electron chi connectivity index (χ3n) is 4.50. The smallest absolute Gasteiger partial charge is 0.416 e. The first-order valence-electron chi connectivity index (χ1n) is 8.35. The number of nitrogens with one attached hydrogen (secondary N) is 1. The molecule has 1 aromatic rings. The Bertz CT molecular complexity index is 746. The van der Waals surface area contributed by atoms with Gasteiger partial charge in [-0.1, -0.05) is 12.1 Å². The summed E-state index contributed by atoms with van der Waals surface area (Å²) < 4.78 is 38.4. The number of benzene rings is 1. The van der Waals surface area contributed by atoms with Gasteiger partial charge in [0, 0.05) is 26.1 Å². The van der Waals surface area contributed by atoms with Gasteiger partial charge in [0.15, 0.2) is 0 Å². The Kier molecular flexibility index (Phi) is 5.82. The second kappa shape index (κ2) is 7.58. The summed E-state index contributed by atoms with van der Waals surface area (Å²) in [5, 5.41) is 11.6. The van der Waals surface area contributed by atoms with E-state index in [1.165, 1.54) is 30.9 Å². The zero-order chi connectivity index (χ0) is 20.4. The van der Waals surface area contributed by atoms with Crippen LogP contribution in [0.3, 0.4) is 0 Å². The molecule has 1 aromatic carbocycles. The molecule has 0 bridgehead atoms. The lowest BCUT2D eigenvalue weighted by atomic mass is 9.93. The van der Waals surface area contributed by atoms with Gasteiger partial charge in [0.25, 0.3) is 0 Å². The lowest BCUT2D eigenvalue weighted by molar-refractivity contribution is -0.147. The molecule has 0 aromatic heterocycles. The van der Waals surface area contributed by atoms with E-state index < -0.39 is 34.9 Å². The third kappa shape index (κ3) is 5.21. The standard InChI is InChI=1S/C18H21F3N2O4/c1-17(2,16(26)27)10-22-15(25)12-7-14(24)23(9-12)8-11-4-3-5-13(6-11)18(19,20)21/h3-6,12H,7-10H2,1-2H3,(H,22,25)(H,26,27). The van der Waals surface area contributed by atoms with Crippen molar-refractivity contribution in [1.29, 1.82) is 0 Å². The second-order valence-electron chi connectivity index (χ2n) is 7.28. The average molecular weight is 386 g/mol. The van der Waals surface area contributed by atoms with Crippen molar-refractivity contribution in [3.63, 3.8) is 0 Å². The minimum Gasteiger partial charge on any atom is -0.481 e. The molecule has 0 aliphatic carbocycles. The van der Waals surface area contributed by atoms with Crippen LogP contribution in [0.5, 0.6) is 0 Å². The number of hydrogen-bond acceptors (Lipinski definition) is 3. The van der Waals surface area contributed by atoms with Gasteiger partial charge in [-0.2, -0.15) is 13.2 Å². The third-order valence-corrected chi connectivity index (χ3v) is 4.50. The molecular weight excluding hydrogens is 365 g/mol. The molecule has 1 aliphatic heterocycles. The second-order valence-corrected chi connectivity index (χ2v) is 7.28. The van der Waals surface area contributed by atoms with Crippen molar-refractivity contribution in [3.8, 4) is 0 Å². The van der Waals surface area contributed by atoms with E-state index >= 15 is 0 Å². The maximum atomic E-state index is 12.8. The predicted molar refractivity (Wildman–Crippen MR) is 89.4 cm³/mol. The minimum atomic E-state index is -4.47. The maximum absolute atomic E-state index is 12.8. The van der Waals surface area contributed by atoms with Crippen molar-refractivity contribution >= 4 is 17.8 Å². The van der Waals surface area contributed by atoms with Crippen molar-refractivity contribution in [2.45, 2.75) is 33.0 Å². The quantitative estimate of drug-likeness (QED) is 0.785. The van der Waals surface area contributed by atoms with E-state index in [4.69, 9.17) is 5.11 Å². The Labute approximate surface area is 154 Å². The van der Waals surface area contributed by atoms with Crippen LogP contribution in [-0.2, 0) is 27.1 Å². The maximum Gasteiger partial charge on any atom is 0.416 e. The molecule has 6 nitrogen and oxygen atoms in total. The summed E-state index contributed by atoms with van der Waals surface area (Å²) in [5.74, 6) is -2.49.